The first-order valence-corrected chi connectivity index (χ1v) is 5.27. The summed E-state index contributed by atoms with van der Waals surface area (Å²) in [7, 11) is 0. The largest absolute Gasteiger partial charge is 0.388 e. The summed E-state index contributed by atoms with van der Waals surface area (Å²) >= 11 is 0. The summed E-state index contributed by atoms with van der Waals surface area (Å²) in [5.41, 5.74) is 5.02. The van der Waals surface area contributed by atoms with Crippen molar-refractivity contribution in [3.05, 3.63) is 30.3 Å². The molecule has 0 aromatic carbocycles. The van der Waals surface area contributed by atoms with Crippen LogP contribution in [0.25, 0.3) is 11.5 Å². The molecule has 3 N–H and O–H groups in total. The van der Waals surface area contributed by atoms with Crippen LogP contribution in [0.4, 0.5) is 0 Å². The summed E-state index contributed by atoms with van der Waals surface area (Å²) in [6.45, 7) is 1.76. The van der Waals surface area contributed by atoms with Crippen LogP contribution in [-0.4, -0.2) is 32.4 Å². The first-order chi connectivity index (χ1) is 8.11. The molecule has 2 aromatic rings. The van der Waals surface area contributed by atoms with E-state index in [1.165, 1.54) is 0 Å². The molecule has 17 heavy (non-hydrogen) atoms. The highest BCUT2D eigenvalue weighted by atomic mass is 16.5. The standard InChI is InChI=1S/C11H14N4O2/c1-11(16,7-12)6-9-14-10(15-17-9)8-4-2-3-5-13-8/h2-5,16H,6-7,12H2,1H3. The van der Waals surface area contributed by atoms with Crippen molar-refractivity contribution in [2.45, 2.75) is 18.9 Å². The molecule has 0 saturated carbocycles. The van der Waals surface area contributed by atoms with Crippen molar-refractivity contribution in [3.63, 3.8) is 0 Å². The van der Waals surface area contributed by atoms with Gasteiger partial charge in [0.15, 0.2) is 0 Å². The van der Waals surface area contributed by atoms with Crippen LogP contribution in [0.1, 0.15) is 12.8 Å². The number of hydrogen-bond acceptors (Lipinski definition) is 6. The predicted molar refractivity (Wildman–Crippen MR) is 60.9 cm³/mol. The molecule has 0 aliphatic carbocycles. The van der Waals surface area contributed by atoms with Gasteiger partial charge in [0.2, 0.25) is 11.7 Å². The molecule has 0 amide bonds. The highest BCUT2D eigenvalue weighted by molar-refractivity contribution is 5.47. The fourth-order valence-corrected chi connectivity index (χ4v) is 1.32. The number of rotatable bonds is 4. The first kappa shape index (κ1) is 11.7. The van der Waals surface area contributed by atoms with E-state index in [1.54, 1.807) is 19.2 Å². The minimum Gasteiger partial charge on any atom is -0.388 e. The number of aliphatic hydroxyl groups is 1. The van der Waals surface area contributed by atoms with Gasteiger partial charge in [-0.05, 0) is 19.1 Å². The van der Waals surface area contributed by atoms with Gasteiger partial charge in [0.05, 0.1) is 12.0 Å². The monoisotopic (exact) mass is 234 g/mol. The zero-order chi connectivity index (χ0) is 12.3. The summed E-state index contributed by atoms with van der Waals surface area (Å²) in [5, 5.41) is 13.6. The molecule has 0 fully saturated rings. The van der Waals surface area contributed by atoms with Crippen molar-refractivity contribution in [3.8, 4) is 11.5 Å². The lowest BCUT2D eigenvalue weighted by molar-refractivity contribution is 0.0610. The van der Waals surface area contributed by atoms with Gasteiger partial charge in [-0.25, -0.2) is 0 Å². The Morgan fingerprint density at radius 2 is 2.29 bits per heavy atom. The van der Waals surface area contributed by atoms with Crippen molar-refractivity contribution in [1.29, 1.82) is 0 Å². The molecule has 6 heteroatoms. The minimum atomic E-state index is -1.03. The molecule has 6 nitrogen and oxygen atoms in total. The van der Waals surface area contributed by atoms with E-state index >= 15 is 0 Å². The maximum Gasteiger partial charge on any atom is 0.229 e. The molecule has 2 heterocycles. The molecule has 0 bridgehead atoms. The van der Waals surface area contributed by atoms with Crippen LogP contribution < -0.4 is 5.73 Å². The SMILES string of the molecule is CC(O)(CN)Cc1nc(-c2ccccn2)no1. The zero-order valence-corrected chi connectivity index (χ0v) is 9.50. The lowest BCUT2D eigenvalue weighted by Crippen LogP contribution is -2.36. The van der Waals surface area contributed by atoms with Gasteiger partial charge in [0.25, 0.3) is 0 Å². The van der Waals surface area contributed by atoms with Crippen molar-refractivity contribution in [2.75, 3.05) is 6.54 Å². The van der Waals surface area contributed by atoms with Gasteiger partial charge in [0.1, 0.15) is 5.69 Å². The summed E-state index contributed by atoms with van der Waals surface area (Å²) in [6, 6.07) is 5.44. The van der Waals surface area contributed by atoms with Crippen LogP contribution in [0.2, 0.25) is 0 Å². The Kier molecular flexibility index (Phi) is 3.16. The second-order valence-corrected chi connectivity index (χ2v) is 4.10. The molecule has 1 atom stereocenters. The molecule has 2 aromatic heterocycles. The summed E-state index contributed by atoms with van der Waals surface area (Å²) in [6.07, 6.45) is 1.88. The number of nitrogens with two attached hydrogens (primary N) is 1. The highest BCUT2D eigenvalue weighted by Gasteiger charge is 2.23. The van der Waals surface area contributed by atoms with Crippen LogP contribution >= 0.6 is 0 Å². The highest BCUT2D eigenvalue weighted by Crippen LogP contribution is 2.15. The number of nitrogens with zero attached hydrogens (tertiary/aromatic N) is 3. The van der Waals surface area contributed by atoms with Gasteiger partial charge in [0, 0.05) is 12.7 Å². The minimum absolute atomic E-state index is 0.133. The van der Waals surface area contributed by atoms with Crippen molar-refractivity contribution in [2.24, 2.45) is 5.73 Å². The topological polar surface area (TPSA) is 98.1 Å². The molecule has 2 rings (SSSR count). The van der Waals surface area contributed by atoms with Crippen molar-refractivity contribution >= 4 is 0 Å². The van der Waals surface area contributed by atoms with E-state index in [0.29, 0.717) is 17.4 Å². The molecule has 0 radical (unpaired) electrons. The molecular formula is C11H14N4O2. The van der Waals surface area contributed by atoms with Gasteiger partial charge >= 0.3 is 0 Å². The van der Waals surface area contributed by atoms with Gasteiger partial charge in [-0.2, -0.15) is 4.98 Å². The lowest BCUT2D eigenvalue weighted by Gasteiger charge is -2.17. The second-order valence-electron chi connectivity index (χ2n) is 4.10. The van der Waals surface area contributed by atoms with Crippen LogP contribution in [0, 0.1) is 0 Å². The summed E-state index contributed by atoms with van der Waals surface area (Å²) in [5.74, 6) is 0.759. The lowest BCUT2D eigenvalue weighted by atomic mass is 10.0. The maximum atomic E-state index is 9.79. The summed E-state index contributed by atoms with van der Waals surface area (Å²) in [4.78, 5) is 8.26. The Morgan fingerprint density at radius 1 is 1.47 bits per heavy atom. The smallest absolute Gasteiger partial charge is 0.229 e. The molecule has 0 aliphatic rings. The molecular weight excluding hydrogens is 220 g/mol. The van der Waals surface area contributed by atoms with Gasteiger partial charge < -0.3 is 15.4 Å². The quantitative estimate of drug-likeness (QED) is 0.793. The Bertz CT molecular complexity index is 481. The van der Waals surface area contributed by atoms with Crippen molar-refractivity contribution < 1.29 is 9.63 Å². The number of hydrogen-bond donors (Lipinski definition) is 2. The van der Waals surface area contributed by atoms with Crippen LogP contribution in [0.15, 0.2) is 28.9 Å². The average molecular weight is 234 g/mol. The van der Waals surface area contributed by atoms with E-state index in [2.05, 4.69) is 15.1 Å². The number of aromatic nitrogens is 3. The average Bonchev–Trinajstić information content (AvgIpc) is 2.78. The second kappa shape index (κ2) is 4.60. The van der Waals surface area contributed by atoms with Gasteiger partial charge in [-0.3, -0.25) is 4.98 Å². The Balaban J connectivity index is 2.17. The third-order valence-corrected chi connectivity index (χ3v) is 2.33. The van der Waals surface area contributed by atoms with E-state index < -0.39 is 5.60 Å². The molecule has 90 valence electrons. The van der Waals surface area contributed by atoms with E-state index in [9.17, 15) is 5.11 Å². The van der Waals surface area contributed by atoms with Gasteiger partial charge in [-0.15, -0.1) is 0 Å². The fourth-order valence-electron chi connectivity index (χ4n) is 1.32. The Morgan fingerprint density at radius 3 is 2.94 bits per heavy atom. The van der Waals surface area contributed by atoms with Crippen LogP contribution in [0.3, 0.4) is 0 Å². The molecule has 0 spiro atoms. The Labute approximate surface area is 98.5 Å². The summed E-state index contributed by atoms with van der Waals surface area (Å²) < 4.78 is 5.04. The Hall–Kier alpha value is -1.79. The van der Waals surface area contributed by atoms with Crippen molar-refractivity contribution in [1.82, 2.24) is 15.1 Å². The van der Waals surface area contributed by atoms with E-state index in [4.69, 9.17) is 10.3 Å². The van der Waals surface area contributed by atoms with E-state index in [1.807, 2.05) is 12.1 Å². The van der Waals surface area contributed by atoms with Crippen LogP contribution in [-0.2, 0) is 6.42 Å². The molecule has 0 aliphatic heterocycles. The molecule has 1 unspecified atom stereocenters. The van der Waals surface area contributed by atoms with E-state index in [-0.39, 0.29) is 13.0 Å². The third-order valence-electron chi connectivity index (χ3n) is 2.33. The number of pyridine rings is 1. The maximum absolute atomic E-state index is 9.79. The normalized spacial score (nSPS) is 14.5. The van der Waals surface area contributed by atoms with Gasteiger partial charge in [-0.1, -0.05) is 11.2 Å². The fraction of sp³-hybridized carbons (Fsp3) is 0.364. The molecule has 0 saturated heterocycles. The zero-order valence-electron chi connectivity index (χ0n) is 9.50. The predicted octanol–water partition coefficient (Wildman–Crippen LogP) is 0.384. The first-order valence-electron chi connectivity index (χ1n) is 5.27. The van der Waals surface area contributed by atoms with E-state index in [0.717, 1.165) is 0 Å². The third kappa shape index (κ3) is 2.86. The van der Waals surface area contributed by atoms with Crippen LogP contribution in [0.5, 0.6) is 0 Å².